The Hall–Kier alpha value is -2.13. The van der Waals surface area contributed by atoms with Gasteiger partial charge < -0.3 is 14.5 Å². The molecule has 2 unspecified atom stereocenters. The van der Waals surface area contributed by atoms with E-state index in [0.29, 0.717) is 45.7 Å². The molecule has 1 aromatic carbocycles. The van der Waals surface area contributed by atoms with E-state index in [2.05, 4.69) is 0 Å². The fraction of sp³-hybridized carbons (Fsp3) is 0.652. The Labute approximate surface area is 186 Å². The van der Waals surface area contributed by atoms with Gasteiger partial charge in [0.25, 0.3) is 0 Å². The van der Waals surface area contributed by atoms with E-state index in [1.807, 2.05) is 30.3 Å². The third kappa shape index (κ3) is 4.64. The predicted molar refractivity (Wildman–Crippen MR) is 112 cm³/mol. The van der Waals surface area contributed by atoms with Crippen molar-refractivity contribution in [2.75, 3.05) is 52.5 Å². The summed E-state index contributed by atoms with van der Waals surface area (Å²) in [6.45, 7) is 2.49. The third-order valence-corrected chi connectivity index (χ3v) is 6.93. The summed E-state index contributed by atoms with van der Waals surface area (Å²) in [7, 11) is 0. The Balaban J connectivity index is 1.46. The number of hydrogen-bond acceptors (Lipinski definition) is 4. The average Bonchev–Trinajstić information content (AvgIpc) is 3.24. The van der Waals surface area contributed by atoms with Crippen molar-refractivity contribution >= 4 is 11.8 Å². The van der Waals surface area contributed by atoms with Crippen LogP contribution in [0.15, 0.2) is 30.3 Å². The van der Waals surface area contributed by atoms with Gasteiger partial charge in [-0.15, -0.1) is 0 Å². The summed E-state index contributed by atoms with van der Waals surface area (Å²) >= 11 is 0. The van der Waals surface area contributed by atoms with Gasteiger partial charge in [0.2, 0.25) is 11.8 Å². The third-order valence-electron chi connectivity index (χ3n) is 6.93. The molecule has 4 rings (SSSR count). The number of amides is 2. The predicted octanol–water partition coefficient (Wildman–Crippen LogP) is 2.54. The molecule has 0 radical (unpaired) electrons. The van der Waals surface area contributed by atoms with E-state index in [1.54, 1.807) is 9.80 Å². The van der Waals surface area contributed by atoms with Crippen molar-refractivity contribution in [3.05, 3.63) is 35.9 Å². The molecule has 3 fully saturated rings. The minimum absolute atomic E-state index is 0.0611. The highest BCUT2D eigenvalue weighted by Crippen LogP contribution is 2.47. The monoisotopic (exact) mass is 453 g/mol. The number of likely N-dealkylation sites (tertiary alicyclic amines) is 2. The lowest BCUT2D eigenvalue weighted by atomic mass is 9.83. The average molecular weight is 454 g/mol. The van der Waals surface area contributed by atoms with E-state index >= 15 is 0 Å². The molecule has 3 aliphatic heterocycles. The van der Waals surface area contributed by atoms with Crippen molar-refractivity contribution < 1.29 is 27.5 Å². The van der Waals surface area contributed by atoms with E-state index in [9.17, 15) is 22.8 Å². The molecule has 9 heteroatoms. The molecular formula is C23H30F3N3O3. The lowest BCUT2D eigenvalue weighted by molar-refractivity contribution is -0.224. The van der Waals surface area contributed by atoms with Crippen LogP contribution in [0.2, 0.25) is 0 Å². The maximum absolute atomic E-state index is 14.3. The molecule has 3 heterocycles. The van der Waals surface area contributed by atoms with Crippen molar-refractivity contribution in [2.45, 2.75) is 32.0 Å². The SMILES string of the molecule is O=C(C1CCCN(C(=O)C2(C(F)(F)F)CCN(Cc3ccccc3)C2)C1)N1CCOCC1. The van der Waals surface area contributed by atoms with Crippen LogP contribution in [0.3, 0.4) is 0 Å². The van der Waals surface area contributed by atoms with E-state index in [4.69, 9.17) is 4.74 Å². The molecule has 0 N–H and O–H groups in total. The number of benzene rings is 1. The largest absolute Gasteiger partial charge is 0.404 e. The number of piperidine rings is 1. The van der Waals surface area contributed by atoms with Gasteiger partial charge >= 0.3 is 6.18 Å². The van der Waals surface area contributed by atoms with Crippen molar-refractivity contribution in [3.63, 3.8) is 0 Å². The Bertz CT molecular complexity index is 814. The molecule has 2 atom stereocenters. The van der Waals surface area contributed by atoms with Gasteiger partial charge in [-0.3, -0.25) is 14.5 Å². The summed E-state index contributed by atoms with van der Waals surface area (Å²) in [5.74, 6) is -1.40. The van der Waals surface area contributed by atoms with Gasteiger partial charge in [0, 0.05) is 39.3 Å². The quantitative estimate of drug-likeness (QED) is 0.703. The maximum Gasteiger partial charge on any atom is 0.404 e. The number of hydrogen-bond donors (Lipinski definition) is 0. The Morgan fingerprint density at radius 1 is 1.03 bits per heavy atom. The molecular weight excluding hydrogens is 423 g/mol. The van der Waals surface area contributed by atoms with Crippen molar-refractivity contribution in [3.8, 4) is 0 Å². The molecule has 3 aliphatic rings. The molecule has 0 spiro atoms. The van der Waals surface area contributed by atoms with Crippen LogP contribution >= 0.6 is 0 Å². The first-order valence-corrected chi connectivity index (χ1v) is 11.3. The molecule has 176 valence electrons. The molecule has 2 amide bonds. The van der Waals surface area contributed by atoms with Crippen LogP contribution in [0.25, 0.3) is 0 Å². The first-order chi connectivity index (χ1) is 15.3. The summed E-state index contributed by atoms with van der Waals surface area (Å²) in [5, 5.41) is 0. The van der Waals surface area contributed by atoms with Crippen molar-refractivity contribution in [2.24, 2.45) is 11.3 Å². The Morgan fingerprint density at radius 3 is 2.44 bits per heavy atom. The standard InChI is InChI=1S/C23H30F3N3O3/c24-23(25,26)22(8-10-27(17-22)15-18-5-2-1-3-6-18)21(31)29-9-4-7-19(16-29)20(30)28-11-13-32-14-12-28/h1-3,5-6,19H,4,7-17H2. The number of halogens is 3. The van der Waals surface area contributed by atoms with Crippen LogP contribution in [0.1, 0.15) is 24.8 Å². The van der Waals surface area contributed by atoms with Gasteiger partial charge in [0.15, 0.2) is 5.41 Å². The Morgan fingerprint density at radius 2 is 1.75 bits per heavy atom. The number of ether oxygens (including phenoxy) is 1. The van der Waals surface area contributed by atoms with E-state index in [-0.39, 0.29) is 38.5 Å². The summed E-state index contributed by atoms with van der Waals surface area (Å²) in [6, 6.07) is 9.33. The summed E-state index contributed by atoms with van der Waals surface area (Å²) < 4.78 is 48.2. The molecule has 0 saturated carbocycles. The zero-order valence-corrected chi connectivity index (χ0v) is 18.1. The zero-order valence-electron chi connectivity index (χ0n) is 18.1. The highest BCUT2D eigenvalue weighted by molar-refractivity contribution is 5.86. The number of alkyl halides is 3. The van der Waals surface area contributed by atoms with Gasteiger partial charge in [-0.25, -0.2) is 0 Å². The van der Waals surface area contributed by atoms with Gasteiger partial charge in [-0.2, -0.15) is 13.2 Å². The number of carbonyl (C=O) groups is 2. The van der Waals surface area contributed by atoms with Gasteiger partial charge in [0.05, 0.1) is 19.1 Å². The highest BCUT2D eigenvalue weighted by Gasteiger charge is 2.64. The van der Waals surface area contributed by atoms with Gasteiger partial charge in [-0.05, 0) is 31.4 Å². The van der Waals surface area contributed by atoms with E-state index < -0.39 is 23.4 Å². The van der Waals surface area contributed by atoms with Crippen LogP contribution in [0, 0.1) is 11.3 Å². The van der Waals surface area contributed by atoms with Crippen LogP contribution < -0.4 is 0 Å². The van der Waals surface area contributed by atoms with Crippen LogP contribution in [-0.2, 0) is 20.9 Å². The molecule has 32 heavy (non-hydrogen) atoms. The second kappa shape index (κ2) is 9.39. The number of nitrogens with zero attached hydrogens (tertiary/aromatic N) is 3. The fourth-order valence-electron chi connectivity index (χ4n) is 5.10. The van der Waals surface area contributed by atoms with Gasteiger partial charge in [0.1, 0.15) is 0 Å². The lowest BCUT2D eigenvalue weighted by Crippen LogP contribution is -2.57. The van der Waals surface area contributed by atoms with Crippen LogP contribution in [0.4, 0.5) is 13.2 Å². The lowest BCUT2D eigenvalue weighted by Gasteiger charge is -2.40. The molecule has 0 bridgehead atoms. The van der Waals surface area contributed by atoms with E-state index in [1.165, 1.54) is 4.90 Å². The highest BCUT2D eigenvalue weighted by atomic mass is 19.4. The molecule has 0 aromatic heterocycles. The zero-order chi connectivity index (χ0) is 22.8. The fourth-order valence-corrected chi connectivity index (χ4v) is 5.10. The number of morpholine rings is 1. The summed E-state index contributed by atoms with van der Waals surface area (Å²) in [6.07, 6.45) is -3.76. The number of rotatable bonds is 4. The minimum atomic E-state index is -4.64. The second-order valence-corrected chi connectivity index (χ2v) is 9.05. The smallest absolute Gasteiger partial charge is 0.378 e. The van der Waals surface area contributed by atoms with Crippen molar-refractivity contribution in [1.29, 1.82) is 0 Å². The normalized spacial score (nSPS) is 27.5. The van der Waals surface area contributed by atoms with Crippen LogP contribution in [-0.4, -0.2) is 85.2 Å². The first kappa shape index (κ1) is 23.0. The minimum Gasteiger partial charge on any atom is -0.378 e. The summed E-state index contributed by atoms with van der Waals surface area (Å²) in [5.41, 5.74) is -1.49. The molecule has 3 saturated heterocycles. The maximum atomic E-state index is 14.3. The van der Waals surface area contributed by atoms with Crippen molar-refractivity contribution in [1.82, 2.24) is 14.7 Å². The second-order valence-electron chi connectivity index (χ2n) is 9.05. The van der Waals surface area contributed by atoms with E-state index in [0.717, 1.165) is 5.56 Å². The first-order valence-electron chi connectivity index (χ1n) is 11.3. The Kier molecular flexibility index (Phi) is 6.76. The molecule has 1 aromatic rings. The topological polar surface area (TPSA) is 53.1 Å². The number of carbonyl (C=O) groups excluding carboxylic acids is 2. The molecule has 6 nitrogen and oxygen atoms in total. The molecule has 0 aliphatic carbocycles. The summed E-state index contributed by atoms with van der Waals surface area (Å²) in [4.78, 5) is 30.9. The van der Waals surface area contributed by atoms with Crippen LogP contribution in [0.5, 0.6) is 0 Å². The van der Waals surface area contributed by atoms with Gasteiger partial charge in [-0.1, -0.05) is 30.3 Å².